The van der Waals surface area contributed by atoms with E-state index in [0.717, 1.165) is 26.2 Å². The van der Waals surface area contributed by atoms with Crippen LogP contribution in [0.3, 0.4) is 0 Å². The fourth-order valence-electron chi connectivity index (χ4n) is 2.79. The smallest absolute Gasteiger partial charge is 0.244 e. The van der Waals surface area contributed by atoms with Crippen molar-refractivity contribution in [2.24, 2.45) is 0 Å². The Bertz CT molecular complexity index is 792. The van der Waals surface area contributed by atoms with Crippen LogP contribution in [0.25, 0.3) is 5.69 Å². The molecule has 0 atom stereocenters. The highest BCUT2D eigenvalue weighted by Crippen LogP contribution is 2.26. The lowest BCUT2D eigenvalue weighted by molar-refractivity contribution is 0.245. The minimum Gasteiger partial charge on any atom is -0.495 e. The number of halogens is 1. The largest absolute Gasteiger partial charge is 0.495 e. The van der Waals surface area contributed by atoms with E-state index in [1.54, 1.807) is 41.3 Å². The van der Waals surface area contributed by atoms with Gasteiger partial charge in [-0.2, -0.15) is 5.10 Å². The highest BCUT2D eigenvalue weighted by molar-refractivity contribution is 7.89. The fraction of sp³-hybridized carbons (Fsp3) is 0.438. The minimum atomic E-state index is -3.68. The molecule has 8 nitrogen and oxygen atoms in total. The second kappa shape index (κ2) is 9.33. The van der Waals surface area contributed by atoms with Gasteiger partial charge in [-0.1, -0.05) is 0 Å². The number of nitrogens with one attached hydrogen (secondary N) is 2. The van der Waals surface area contributed by atoms with E-state index < -0.39 is 10.0 Å². The molecule has 2 aromatic rings. The first-order valence-corrected chi connectivity index (χ1v) is 9.69. The molecule has 2 heterocycles. The molecule has 0 unspecified atom stereocenters. The zero-order valence-electron chi connectivity index (χ0n) is 14.6. The molecule has 3 rings (SSSR count). The van der Waals surface area contributed by atoms with Gasteiger partial charge in [0.1, 0.15) is 10.6 Å². The monoisotopic (exact) mass is 401 g/mol. The summed E-state index contributed by atoms with van der Waals surface area (Å²) in [6, 6.07) is 6.76. The standard InChI is InChI=1S/C16H23N5O3S.ClH/c1-24-15-4-3-14(21-9-2-5-18-21)13-16(15)25(22,23)19-8-12-20-10-6-17-7-11-20;/h2-5,9,13,17,19H,6-8,10-12H2,1H3;1H. The van der Waals surface area contributed by atoms with Crippen LogP contribution in [0.4, 0.5) is 0 Å². The van der Waals surface area contributed by atoms with Crippen LogP contribution in [-0.2, 0) is 10.0 Å². The molecular formula is C16H24ClN5O3S. The van der Waals surface area contributed by atoms with E-state index in [-0.39, 0.29) is 17.3 Å². The van der Waals surface area contributed by atoms with Gasteiger partial charge < -0.3 is 10.1 Å². The van der Waals surface area contributed by atoms with Crippen molar-refractivity contribution in [1.82, 2.24) is 24.7 Å². The molecule has 0 aliphatic carbocycles. The molecule has 0 amide bonds. The molecule has 10 heteroatoms. The summed E-state index contributed by atoms with van der Waals surface area (Å²) in [6.07, 6.45) is 3.40. The Kier molecular flexibility index (Phi) is 7.42. The normalized spacial score (nSPS) is 15.4. The Labute approximate surface area is 160 Å². The fourth-order valence-corrected chi connectivity index (χ4v) is 4.00. The second-order valence-electron chi connectivity index (χ2n) is 5.78. The molecule has 1 saturated heterocycles. The number of piperazine rings is 1. The van der Waals surface area contributed by atoms with E-state index >= 15 is 0 Å². The van der Waals surface area contributed by atoms with Crippen LogP contribution in [0.5, 0.6) is 5.75 Å². The topological polar surface area (TPSA) is 88.5 Å². The molecule has 2 N–H and O–H groups in total. The Morgan fingerprint density at radius 1 is 1.31 bits per heavy atom. The number of hydrogen-bond acceptors (Lipinski definition) is 6. The van der Waals surface area contributed by atoms with Crippen molar-refractivity contribution in [2.75, 3.05) is 46.4 Å². The van der Waals surface area contributed by atoms with Gasteiger partial charge in [-0.15, -0.1) is 12.4 Å². The van der Waals surface area contributed by atoms with Gasteiger partial charge in [0.05, 0.1) is 12.8 Å². The number of hydrogen-bond donors (Lipinski definition) is 2. The summed E-state index contributed by atoms with van der Waals surface area (Å²) in [7, 11) is -2.21. The third-order valence-corrected chi connectivity index (χ3v) is 5.62. The minimum absolute atomic E-state index is 0. The molecule has 0 radical (unpaired) electrons. The van der Waals surface area contributed by atoms with Gasteiger partial charge in [0.2, 0.25) is 10.0 Å². The highest BCUT2D eigenvalue weighted by atomic mass is 35.5. The van der Waals surface area contributed by atoms with Gasteiger partial charge in [-0.25, -0.2) is 17.8 Å². The molecular weight excluding hydrogens is 378 g/mol. The SMILES string of the molecule is COc1ccc(-n2cccn2)cc1S(=O)(=O)NCCN1CCNCC1.Cl. The van der Waals surface area contributed by atoms with Gasteiger partial charge in [-0.05, 0) is 24.3 Å². The van der Waals surface area contributed by atoms with Crippen LogP contribution in [0.1, 0.15) is 0 Å². The zero-order valence-corrected chi connectivity index (χ0v) is 16.2. The number of sulfonamides is 1. The molecule has 144 valence electrons. The summed E-state index contributed by atoms with van der Waals surface area (Å²) in [5, 5.41) is 7.41. The van der Waals surface area contributed by atoms with Crippen molar-refractivity contribution in [3.63, 3.8) is 0 Å². The maximum absolute atomic E-state index is 12.7. The molecule has 1 aromatic heterocycles. The highest BCUT2D eigenvalue weighted by Gasteiger charge is 2.21. The Balaban J connectivity index is 0.00000243. The van der Waals surface area contributed by atoms with Gasteiger partial charge in [-0.3, -0.25) is 4.90 Å². The van der Waals surface area contributed by atoms with Crippen molar-refractivity contribution < 1.29 is 13.2 Å². The average Bonchev–Trinajstić information content (AvgIpc) is 3.16. The molecule has 1 aliphatic heterocycles. The predicted octanol–water partition coefficient (Wildman–Crippen LogP) is 0.486. The number of aromatic nitrogens is 2. The first-order chi connectivity index (χ1) is 12.1. The van der Waals surface area contributed by atoms with Gasteiger partial charge >= 0.3 is 0 Å². The molecule has 0 saturated carbocycles. The summed E-state index contributed by atoms with van der Waals surface area (Å²) in [4.78, 5) is 2.35. The third-order valence-electron chi connectivity index (χ3n) is 4.14. The summed E-state index contributed by atoms with van der Waals surface area (Å²) >= 11 is 0. The third kappa shape index (κ3) is 4.95. The van der Waals surface area contributed by atoms with E-state index in [2.05, 4.69) is 20.0 Å². The molecule has 1 aromatic carbocycles. The van der Waals surface area contributed by atoms with E-state index in [0.29, 0.717) is 24.5 Å². The van der Waals surface area contributed by atoms with Gasteiger partial charge in [0.15, 0.2) is 0 Å². The molecule has 0 spiro atoms. The molecule has 1 fully saturated rings. The van der Waals surface area contributed by atoms with Crippen LogP contribution in [0.15, 0.2) is 41.6 Å². The maximum Gasteiger partial charge on any atom is 0.244 e. The molecule has 26 heavy (non-hydrogen) atoms. The van der Waals surface area contributed by atoms with Gasteiger partial charge in [0, 0.05) is 51.7 Å². The lowest BCUT2D eigenvalue weighted by Gasteiger charge is -2.27. The van der Waals surface area contributed by atoms with E-state index in [4.69, 9.17) is 4.74 Å². The Morgan fingerprint density at radius 3 is 2.73 bits per heavy atom. The van der Waals surface area contributed by atoms with Crippen LogP contribution in [0, 0.1) is 0 Å². The van der Waals surface area contributed by atoms with Crippen molar-refractivity contribution in [2.45, 2.75) is 4.90 Å². The first-order valence-electron chi connectivity index (χ1n) is 8.21. The summed E-state index contributed by atoms with van der Waals surface area (Å²) in [5.74, 6) is 0.311. The molecule has 1 aliphatic rings. The lowest BCUT2D eigenvalue weighted by Crippen LogP contribution is -2.46. The molecule has 0 bridgehead atoms. The van der Waals surface area contributed by atoms with Crippen molar-refractivity contribution >= 4 is 22.4 Å². The van der Waals surface area contributed by atoms with E-state index in [9.17, 15) is 8.42 Å². The van der Waals surface area contributed by atoms with Crippen molar-refractivity contribution in [1.29, 1.82) is 0 Å². The lowest BCUT2D eigenvalue weighted by atomic mass is 10.3. The number of nitrogens with zero attached hydrogens (tertiary/aromatic N) is 3. The second-order valence-corrected chi connectivity index (χ2v) is 7.51. The number of ether oxygens (including phenoxy) is 1. The van der Waals surface area contributed by atoms with E-state index in [1.807, 2.05) is 0 Å². The van der Waals surface area contributed by atoms with Crippen LogP contribution in [0.2, 0.25) is 0 Å². The number of rotatable bonds is 7. The Hall–Kier alpha value is -1.65. The number of methoxy groups -OCH3 is 1. The zero-order chi connectivity index (χ0) is 17.7. The van der Waals surface area contributed by atoms with Crippen LogP contribution >= 0.6 is 12.4 Å². The first kappa shape index (κ1) is 20.7. The maximum atomic E-state index is 12.7. The quantitative estimate of drug-likeness (QED) is 0.701. The van der Waals surface area contributed by atoms with Crippen molar-refractivity contribution in [3.8, 4) is 11.4 Å². The number of benzene rings is 1. The van der Waals surface area contributed by atoms with Crippen LogP contribution < -0.4 is 14.8 Å². The predicted molar refractivity (Wildman–Crippen MR) is 102 cm³/mol. The Morgan fingerprint density at radius 2 is 2.08 bits per heavy atom. The van der Waals surface area contributed by atoms with E-state index in [1.165, 1.54) is 7.11 Å². The van der Waals surface area contributed by atoms with Gasteiger partial charge in [0.25, 0.3) is 0 Å². The van der Waals surface area contributed by atoms with Crippen LogP contribution in [-0.4, -0.2) is 69.5 Å². The summed E-state index contributed by atoms with van der Waals surface area (Å²) < 4.78 is 35.0. The summed E-state index contributed by atoms with van der Waals surface area (Å²) in [6.45, 7) is 4.78. The van der Waals surface area contributed by atoms with Crippen molar-refractivity contribution in [3.05, 3.63) is 36.7 Å². The average molecular weight is 402 g/mol. The summed E-state index contributed by atoms with van der Waals surface area (Å²) in [5.41, 5.74) is 0.660.